The summed E-state index contributed by atoms with van der Waals surface area (Å²) >= 11 is 0. The summed E-state index contributed by atoms with van der Waals surface area (Å²) in [6, 6.07) is 11.5. The van der Waals surface area contributed by atoms with Gasteiger partial charge in [-0.25, -0.2) is 0 Å². The van der Waals surface area contributed by atoms with Crippen LogP contribution in [0.25, 0.3) is 0 Å². The summed E-state index contributed by atoms with van der Waals surface area (Å²) < 4.78 is 0. The molecule has 0 saturated heterocycles. The highest BCUT2D eigenvalue weighted by molar-refractivity contribution is 5.60. The molecule has 3 nitrogen and oxygen atoms in total. The second kappa shape index (κ2) is 4.45. The fraction of sp³-hybridized carbons (Fsp3) is 0.0769. The third-order valence-electron chi connectivity index (χ3n) is 2.16. The van der Waals surface area contributed by atoms with Gasteiger partial charge < -0.3 is 5.32 Å². The normalized spacial score (nSPS) is 9.50. The Morgan fingerprint density at radius 2 is 2.06 bits per heavy atom. The SMILES string of the molecule is Cc1cncc(Nc2cccc(C#N)c2)c1. The van der Waals surface area contributed by atoms with Gasteiger partial charge in [0.1, 0.15) is 0 Å². The molecule has 78 valence electrons. The van der Waals surface area contributed by atoms with Gasteiger partial charge in [-0.1, -0.05) is 6.07 Å². The van der Waals surface area contributed by atoms with Crippen molar-refractivity contribution < 1.29 is 0 Å². The van der Waals surface area contributed by atoms with Gasteiger partial charge in [0.05, 0.1) is 23.5 Å². The van der Waals surface area contributed by atoms with Crippen LogP contribution in [-0.2, 0) is 0 Å². The summed E-state index contributed by atoms with van der Waals surface area (Å²) in [6.45, 7) is 1.99. The number of nitrogens with one attached hydrogen (secondary N) is 1. The summed E-state index contributed by atoms with van der Waals surface area (Å²) in [5, 5.41) is 12.0. The first-order chi connectivity index (χ1) is 7.78. The van der Waals surface area contributed by atoms with Crippen molar-refractivity contribution in [2.75, 3.05) is 5.32 Å². The predicted octanol–water partition coefficient (Wildman–Crippen LogP) is 3.01. The van der Waals surface area contributed by atoms with E-state index in [9.17, 15) is 0 Å². The molecule has 0 saturated carbocycles. The molecule has 0 radical (unpaired) electrons. The highest BCUT2D eigenvalue weighted by Crippen LogP contribution is 2.17. The van der Waals surface area contributed by atoms with Crippen LogP contribution in [0.15, 0.2) is 42.7 Å². The first kappa shape index (κ1) is 10.2. The Bertz CT molecular complexity index is 541. The Labute approximate surface area is 94.4 Å². The van der Waals surface area contributed by atoms with Gasteiger partial charge in [-0.15, -0.1) is 0 Å². The van der Waals surface area contributed by atoms with Crippen LogP contribution in [0.3, 0.4) is 0 Å². The number of hydrogen-bond donors (Lipinski definition) is 1. The number of benzene rings is 1. The monoisotopic (exact) mass is 209 g/mol. The lowest BCUT2D eigenvalue weighted by molar-refractivity contribution is 1.26. The van der Waals surface area contributed by atoms with Gasteiger partial charge in [0.15, 0.2) is 0 Å². The molecule has 0 amide bonds. The Balaban J connectivity index is 2.24. The molecular formula is C13H11N3. The first-order valence-electron chi connectivity index (χ1n) is 4.97. The van der Waals surface area contributed by atoms with Crippen molar-refractivity contribution in [2.24, 2.45) is 0 Å². The van der Waals surface area contributed by atoms with Crippen molar-refractivity contribution in [1.82, 2.24) is 4.98 Å². The molecule has 0 atom stereocenters. The minimum absolute atomic E-state index is 0.644. The van der Waals surface area contributed by atoms with Crippen molar-refractivity contribution in [1.29, 1.82) is 5.26 Å². The Kier molecular flexibility index (Phi) is 2.84. The fourth-order valence-electron chi connectivity index (χ4n) is 1.46. The van der Waals surface area contributed by atoms with Gasteiger partial charge in [0, 0.05) is 11.9 Å². The number of rotatable bonds is 2. The fourth-order valence-corrected chi connectivity index (χ4v) is 1.46. The number of pyridine rings is 1. The molecule has 1 heterocycles. The molecule has 16 heavy (non-hydrogen) atoms. The third-order valence-corrected chi connectivity index (χ3v) is 2.16. The van der Waals surface area contributed by atoms with E-state index in [2.05, 4.69) is 16.4 Å². The van der Waals surface area contributed by atoms with Crippen molar-refractivity contribution >= 4 is 11.4 Å². The highest BCUT2D eigenvalue weighted by Gasteiger charge is 1.96. The highest BCUT2D eigenvalue weighted by atomic mass is 14.9. The zero-order chi connectivity index (χ0) is 11.4. The topological polar surface area (TPSA) is 48.7 Å². The van der Waals surface area contributed by atoms with Crippen molar-refractivity contribution in [3.8, 4) is 6.07 Å². The zero-order valence-electron chi connectivity index (χ0n) is 8.94. The van der Waals surface area contributed by atoms with Crippen LogP contribution >= 0.6 is 0 Å². The molecule has 0 unspecified atom stereocenters. The van der Waals surface area contributed by atoms with Crippen LogP contribution in [0, 0.1) is 18.3 Å². The molecule has 0 spiro atoms. The molecule has 0 aliphatic carbocycles. The van der Waals surface area contributed by atoms with Crippen LogP contribution in [0.1, 0.15) is 11.1 Å². The number of nitriles is 1. The number of anilines is 2. The van der Waals surface area contributed by atoms with Gasteiger partial charge in [0.25, 0.3) is 0 Å². The van der Waals surface area contributed by atoms with Gasteiger partial charge in [-0.05, 0) is 36.8 Å². The van der Waals surface area contributed by atoms with Crippen molar-refractivity contribution in [3.05, 3.63) is 53.9 Å². The quantitative estimate of drug-likeness (QED) is 0.827. The Hall–Kier alpha value is -2.34. The molecule has 0 fully saturated rings. The number of aryl methyl sites for hydroxylation is 1. The van der Waals surface area contributed by atoms with Gasteiger partial charge in [-0.2, -0.15) is 5.26 Å². The smallest absolute Gasteiger partial charge is 0.0992 e. The molecule has 3 heteroatoms. The molecular weight excluding hydrogens is 198 g/mol. The van der Waals surface area contributed by atoms with E-state index in [-0.39, 0.29) is 0 Å². The lowest BCUT2D eigenvalue weighted by Gasteiger charge is -2.06. The summed E-state index contributed by atoms with van der Waals surface area (Å²) in [5.74, 6) is 0. The lowest BCUT2D eigenvalue weighted by atomic mass is 10.2. The molecule has 1 aromatic heterocycles. The van der Waals surface area contributed by atoms with Gasteiger partial charge in [0.2, 0.25) is 0 Å². The maximum Gasteiger partial charge on any atom is 0.0992 e. The molecule has 0 bridgehead atoms. The van der Waals surface area contributed by atoms with E-state index in [0.717, 1.165) is 16.9 Å². The summed E-state index contributed by atoms with van der Waals surface area (Å²) in [4.78, 5) is 4.10. The maximum absolute atomic E-state index is 8.78. The minimum Gasteiger partial charge on any atom is -0.354 e. The molecule has 1 aromatic carbocycles. The first-order valence-corrected chi connectivity index (χ1v) is 4.97. The second-order valence-corrected chi connectivity index (χ2v) is 3.57. The minimum atomic E-state index is 0.644. The van der Waals surface area contributed by atoms with E-state index < -0.39 is 0 Å². The maximum atomic E-state index is 8.78. The second-order valence-electron chi connectivity index (χ2n) is 3.57. The van der Waals surface area contributed by atoms with E-state index in [1.54, 1.807) is 18.5 Å². The zero-order valence-corrected chi connectivity index (χ0v) is 8.94. The summed E-state index contributed by atoms with van der Waals surface area (Å²) in [5.41, 5.74) is 3.56. The van der Waals surface area contributed by atoms with Crippen LogP contribution in [-0.4, -0.2) is 4.98 Å². The number of aromatic nitrogens is 1. The van der Waals surface area contributed by atoms with Crippen molar-refractivity contribution in [2.45, 2.75) is 6.92 Å². The molecule has 2 aromatic rings. The average Bonchev–Trinajstić information content (AvgIpc) is 2.29. The predicted molar refractivity (Wildman–Crippen MR) is 63.4 cm³/mol. The molecule has 0 aliphatic heterocycles. The standard InChI is InChI=1S/C13H11N3/c1-10-5-13(9-15-8-10)16-12-4-2-3-11(6-12)7-14/h2-6,8-9,16H,1H3. The van der Waals surface area contributed by atoms with Gasteiger partial charge in [-0.3, -0.25) is 4.98 Å². The summed E-state index contributed by atoms with van der Waals surface area (Å²) in [7, 11) is 0. The third kappa shape index (κ3) is 2.37. The average molecular weight is 209 g/mol. The van der Waals surface area contributed by atoms with Crippen LogP contribution in [0.5, 0.6) is 0 Å². The Morgan fingerprint density at radius 3 is 2.81 bits per heavy atom. The molecule has 0 aliphatic rings. The van der Waals surface area contributed by atoms with Crippen LogP contribution in [0.4, 0.5) is 11.4 Å². The van der Waals surface area contributed by atoms with Gasteiger partial charge >= 0.3 is 0 Å². The van der Waals surface area contributed by atoms with E-state index >= 15 is 0 Å². The number of hydrogen-bond acceptors (Lipinski definition) is 3. The van der Waals surface area contributed by atoms with Crippen molar-refractivity contribution in [3.63, 3.8) is 0 Å². The van der Waals surface area contributed by atoms with E-state index in [1.807, 2.05) is 31.2 Å². The molecule has 1 N–H and O–H groups in total. The number of nitrogens with zero attached hydrogens (tertiary/aromatic N) is 2. The Morgan fingerprint density at radius 1 is 1.19 bits per heavy atom. The molecule has 2 rings (SSSR count). The largest absolute Gasteiger partial charge is 0.354 e. The lowest BCUT2D eigenvalue weighted by Crippen LogP contribution is -1.92. The van der Waals surface area contributed by atoms with E-state index in [4.69, 9.17) is 5.26 Å². The summed E-state index contributed by atoms with van der Waals surface area (Å²) in [6.07, 6.45) is 3.56. The van der Waals surface area contributed by atoms with E-state index in [0.29, 0.717) is 5.56 Å². The van der Waals surface area contributed by atoms with Crippen LogP contribution in [0.2, 0.25) is 0 Å². The van der Waals surface area contributed by atoms with Crippen LogP contribution < -0.4 is 5.32 Å². The van der Waals surface area contributed by atoms with E-state index in [1.165, 1.54) is 0 Å².